The van der Waals surface area contributed by atoms with Crippen LogP contribution in [-0.2, 0) is 33.4 Å². The second-order valence-corrected chi connectivity index (χ2v) is 7.61. The van der Waals surface area contributed by atoms with Crippen molar-refractivity contribution in [1.82, 2.24) is 15.5 Å². The number of hydrogen-bond acceptors (Lipinski definition) is 4. The Labute approximate surface area is 192 Å². The summed E-state index contributed by atoms with van der Waals surface area (Å²) in [6.45, 7) is -0.844. The summed E-state index contributed by atoms with van der Waals surface area (Å²) in [6, 6.07) is 6.00. The monoisotopic (exact) mass is 465 g/mol. The lowest BCUT2D eigenvalue weighted by Gasteiger charge is -2.29. The normalized spacial score (nSPS) is 24.1. The predicted octanol–water partition coefficient (Wildman–Crippen LogP) is 2.51. The number of amides is 4. The van der Waals surface area contributed by atoms with E-state index in [1.807, 2.05) is 0 Å². The molecule has 0 unspecified atom stereocenters. The van der Waals surface area contributed by atoms with Crippen LogP contribution in [0.1, 0.15) is 44.0 Å². The van der Waals surface area contributed by atoms with Gasteiger partial charge in [-0.05, 0) is 35.7 Å². The first-order valence-electron chi connectivity index (χ1n) is 11.4. The Morgan fingerprint density at radius 3 is 2.72 bits per heavy atom. The van der Waals surface area contributed by atoms with E-state index in [-0.39, 0.29) is 28.0 Å². The molecule has 4 amide bonds. The summed E-state index contributed by atoms with van der Waals surface area (Å²) in [5.74, 6) is -8.86. The van der Waals surface area contributed by atoms with Crippen molar-refractivity contribution in [2.24, 2.45) is 0 Å². The largest absolute Gasteiger partial charge is 0.349 e. The zero-order valence-electron chi connectivity index (χ0n) is 20.3. The van der Waals surface area contributed by atoms with Crippen molar-refractivity contribution in [3.63, 3.8) is 0 Å². The number of benzene rings is 2. The summed E-state index contributed by atoms with van der Waals surface area (Å²) in [7, 11) is 0. The summed E-state index contributed by atoms with van der Waals surface area (Å²) in [6.07, 6.45) is -3.43. The average Bonchev–Trinajstić information content (AvgIpc) is 3.13. The van der Waals surface area contributed by atoms with Crippen LogP contribution in [0.25, 0.3) is 0 Å². The SMILES string of the molecule is [2H]N(Cc1ccc2c(c1)CN([C@]1([2H])CC([2H])([2H])C(=O)NC1=O)C2=O)C(=O)C(F)(F)c1ccc(Cl)cc1. The molecule has 2 aromatic carbocycles. The molecule has 2 aliphatic heterocycles. The molecule has 0 spiro atoms. The lowest BCUT2D eigenvalue weighted by Crippen LogP contribution is -2.52. The molecule has 1 fully saturated rings. The van der Waals surface area contributed by atoms with Crippen molar-refractivity contribution in [1.29, 1.82) is 0 Å². The van der Waals surface area contributed by atoms with Crippen molar-refractivity contribution in [2.45, 2.75) is 37.8 Å². The van der Waals surface area contributed by atoms with Crippen LogP contribution in [0.2, 0.25) is 6.43 Å². The van der Waals surface area contributed by atoms with Crippen molar-refractivity contribution < 1.29 is 33.5 Å². The van der Waals surface area contributed by atoms with E-state index in [1.54, 1.807) is 5.32 Å². The number of rotatable bonds is 5. The van der Waals surface area contributed by atoms with Gasteiger partial charge in [0.05, 0.1) is 1.37 Å². The molecule has 7 nitrogen and oxygen atoms in total. The Hall–Kier alpha value is -3.33. The predicted molar refractivity (Wildman–Crippen MR) is 110 cm³/mol. The molecule has 166 valence electrons. The van der Waals surface area contributed by atoms with Crippen LogP contribution in [0.3, 0.4) is 0 Å². The van der Waals surface area contributed by atoms with Crippen molar-refractivity contribution in [3.05, 3.63) is 69.7 Å². The highest BCUT2D eigenvalue weighted by Crippen LogP contribution is 2.30. The number of piperidine rings is 1. The lowest BCUT2D eigenvalue weighted by atomic mass is 10.0. The standard InChI is InChI=1S/C22H18ClF2N3O4/c23-15-4-2-14(3-5-15)22(24,25)21(32)26-10-12-1-6-16-13(9-12)11-28(20(16)31)17-7-8-18(29)27-19(17)30/h1-6,9,17H,7-8,10-11H2,(H,26,32)(H,27,29,30)/t17-/m1/s1/i8D2,17D/hD. The van der Waals surface area contributed by atoms with Gasteiger partial charge in [-0.2, -0.15) is 8.78 Å². The average molecular weight is 466 g/mol. The maximum atomic E-state index is 14.6. The van der Waals surface area contributed by atoms with E-state index in [4.69, 9.17) is 17.1 Å². The maximum absolute atomic E-state index is 14.6. The molecular formula is C22H18ClF2N3O4. The van der Waals surface area contributed by atoms with Gasteiger partial charge in [-0.3, -0.25) is 24.5 Å². The number of alkyl halides is 2. The van der Waals surface area contributed by atoms with Crippen LogP contribution in [0, 0.1) is 0 Å². The molecule has 1 saturated heterocycles. The first-order valence-corrected chi connectivity index (χ1v) is 9.79. The van der Waals surface area contributed by atoms with Crippen LogP contribution in [-0.4, -0.2) is 34.5 Å². The fraction of sp³-hybridized carbons (Fsp3) is 0.273. The number of nitrogens with one attached hydrogen (secondary N) is 2. The minimum Gasteiger partial charge on any atom is -0.346 e. The molecule has 2 N–H and O–H groups in total. The lowest BCUT2D eigenvalue weighted by molar-refractivity contribution is -0.147. The topological polar surface area (TPSA) is 95.6 Å². The van der Waals surface area contributed by atoms with Gasteiger partial charge in [-0.1, -0.05) is 35.9 Å². The molecule has 4 rings (SSSR count). The van der Waals surface area contributed by atoms with Crippen LogP contribution >= 0.6 is 11.6 Å². The highest BCUT2D eigenvalue weighted by atomic mass is 35.5. The number of hydrogen-bond donors (Lipinski definition) is 2. The second-order valence-electron chi connectivity index (χ2n) is 7.17. The second kappa shape index (κ2) is 8.31. The van der Waals surface area contributed by atoms with E-state index < -0.39 is 60.5 Å². The van der Waals surface area contributed by atoms with E-state index in [9.17, 15) is 28.0 Å². The van der Waals surface area contributed by atoms with E-state index in [2.05, 4.69) is 0 Å². The van der Waals surface area contributed by atoms with Gasteiger partial charge < -0.3 is 10.2 Å². The van der Waals surface area contributed by atoms with Gasteiger partial charge in [-0.25, -0.2) is 0 Å². The molecule has 0 bridgehead atoms. The molecule has 2 heterocycles. The summed E-state index contributed by atoms with van der Waals surface area (Å²) < 4.78 is 61.1. The molecule has 0 aliphatic carbocycles. The van der Waals surface area contributed by atoms with Gasteiger partial charge in [0.15, 0.2) is 1.41 Å². The number of halogens is 3. The molecular weight excluding hydrogens is 444 g/mol. The quantitative estimate of drug-likeness (QED) is 0.663. The first kappa shape index (κ1) is 17.3. The minimum atomic E-state index is -3.99. The third kappa shape index (κ3) is 4.08. The Morgan fingerprint density at radius 1 is 1.28 bits per heavy atom. The highest BCUT2D eigenvalue weighted by Gasteiger charge is 2.41. The Morgan fingerprint density at radius 2 is 2.00 bits per heavy atom. The molecule has 2 aliphatic rings. The Bertz CT molecular complexity index is 1290. The fourth-order valence-corrected chi connectivity index (χ4v) is 3.54. The number of imide groups is 1. The van der Waals surface area contributed by atoms with E-state index in [0.717, 1.165) is 17.0 Å². The van der Waals surface area contributed by atoms with E-state index >= 15 is 0 Å². The van der Waals surface area contributed by atoms with Crippen LogP contribution in [0.15, 0.2) is 42.5 Å². The van der Waals surface area contributed by atoms with Crippen LogP contribution < -0.4 is 10.6 Å². The van der Waals surface area contributed by atoms with Gasteiger partial charge in [0.2, 0.25) is 11.8 Å². The van der Waals surface area contributed by atoms with Gasteiger partial charge in [-0.15, -0.1) is 0 Å². The molecule has 0 saturated carbocycles. The van der Waals surface area contributed by atoms with Gasteiger partial charge in [0.25, 0.3) is 11.8 Å². The van der Waals surface area contributed by atoms with Gasteiger partial charge in [0.1, 0.15) is 6.02 Å². The summed E-state index contributed by atoms with van der Waals surface area (Å²) in [5, 5.41) is 2.08. The highest BCUT2D eigenvalue weighted by molar-refractivity contribution is 6.30. The summed E-state index contributed by atoms with van der Waals surface area (Å²) >= 11 is 5.69. The van der Waals surface area contributed by atoms with Crippen LogP contribution in [0.4, 0.5) is 8.78 Å². The number of carbonyl (C=O) groups is 4. The third-order valence-electron chi connectivity index (χ3n) is 5.09. The number of fused-ring (bicyclic) bond motifs is 1. The smallest absolute Gasteiger partial charge is 0.346 e. The first-order chi connectivity index (χ1) is 16.7. The van der Waals surface area contributed by atoms with Crippen molar-refractivity contribution >= 4 is 35.2 Å². The molecule has 32 heavy (non-hydrogen) atoms. The zero-order chi connectivity index (χ0) is 26.6. The molecule has 10 heteroatoms. The van der Waals surface area contributed by atoms with E-state index in [0.29, 0.717) is 5.56 Å². The molecule has 2 aromatic rings. The van der Waals surface area contributed by atoms with E-state index in [1.165, 1.54) is 30.3 Å². The number of nitrogens with zero attached hydrogens (tertiary/aromatic N) is 1. The Balaban J connectivity index is 1.52. The van der Waals surface area contributed by atoms with Crippen molar-refractivity contribution in [3.8, 4) is 0 Å². The summed E-state index contributed by atoms with van der Waals surface area (Å²) in [4.78, 5) is 50.1. The number of carbonyl (C=O) groups excluding carboxylic acids is 4. The zero-order valence-corrected chi connectivity index (χ0v) is 17.1. The molecule has 1 atom stereocenters. The molecule has 0 aromatic heterocycles. The van der Waals surface area contributed by atoms with Gasteiger partial charge in [0, 0.05) is 38.4 Å². The van der Waals surface area contributed by atoms with Crippen LogP contribution in [0.5, 0.6) is 0 Å². The van der Waals surface area contributed by atoms with Crippen molar-refractivity contribution in [2.75, 3.05) is 0 Å². The van der Waals surface area contributed by atoms with Gasteiger partial charge >= 0.3 is 5.92 Å². The fourth-order valence-electron chi connectivity index (χ4n) is 3.42. The minimum absolute atomic E-state index is 0.0880. The third-order valence-corrected chi connectivity index (χ3v) is 5.34. The summed E-state index contributed by atoms with van der Waals surface area (Å²) in [5.41, 5.74) is -0.0184. The Kier molecular flexibility index (Phi) is 4.48. The molecule has 0 radical (unpaired) electrons. The maximum Gasteiger partial charge on any atom is 0.349 e.